The summed E-state index contributed by atoms with van der Waals surface area (Å²) in [5.41, 5.74) is 3.43. The van der Waals surface area contributed by atoms with Gasteiger partial charge in [-0.1, -0.05) is 12.1 Å². The minimum atomic E-state index is -0.966. The van der Waals surface area contributed by atoms with E-state index in [2.05, 4.69) is 4.98 Å². The van der Waals surface area contributed by atoms with Crippen molar-refractivity contribution in [3.63, 3.8) is 0 Å². The maximum atomic E-state index is 13.3. The summed E-state index contributed by atoms with van der Waals surface area (Å²) in [4.78, 5) is 31.8. The largest absolute Gasteiger partial charge is 0.507 e. The number of aryl methyl sites for hydroxylation is 3. The molecule has 0 spiro atoms. The average molecular weight is 444 g/mol. The lowest BCUT2D eigenvalue weighted by Crippen LogP contribution is -2.29. The standard InChI is InChI=1S/C26H24N2O5/c1-14-5-6-20(29)19(13-14)28-22(17-7-9-27-10-8-17)21(24(31)26(28)32)23(30)18-12-15(2)11-16(3)25(18)33-4/h5-13,22,29-30H,1-4H3/b23-21+. The van der Waals surface area contributed by atoms with Crippen molar-refractivity contribution >= 4 is 23.1 Å². The zero-order valence-electron chi connectivity index (χ0n) is 18.8. The van der Waals surface area contributed by atoms with Crippen LogP contribution in [0.5, 0.6) is 11.5 Å². The molecule has 0 aliphatic carbocycles. The summed E-state index contributed by atoms with van der Waals surface area (Å²) < 4.78 is 5.51. The average Bonchev–Trinajstić information content (AvgIpc) is 3.05. The molecule has 1 unspecified atom stereocenters. The molecular weight excluding hydrogens is 420 g/mol. The van der Waals surface area contributed by atoms with Crippen molar-refractivity contribution in [3.05, 3.63) is 88.2 Å². The molecule has 3 aromatic rings. The van der Waals surface area contributed by atoms with Crippen LogP contribution < -0.4 is 9.64 Å². The molecule has 1 aromatic heterocycles. The number of methoxy groups -OCH3 is 1. The minimum absolute atomic E-state index is 0.0876. The van der Waals surface area contributed by atoms with E-state index in [0.717, 1.165) is 16.7 Å². The van der Waals surface area contributed by atoms with Crippen molar-refractivity contribution < 1.29 is 24.5 Å². The highest BCUT2D eigenvalue weighted by Crippen LogP contribution is 2.46. The molecule has 1 saturated heterocycles. The third kappa shape index (κ3) is 3.71. The van der Waals surface area contributed by atoms with Crippen molar-refractivity contribution in [2.24, 2.45) is 0 Å². The highest BCUT2D eigenvalue weighted by atomic mass is 16.5. The second kappa shape index (κ2) is 8.43. The normalized spacial score (nSPS) is 17.5. The van der Waals surface area contributed by atoms with Crippen molar-refractivity contribution in [2.45, 2.75) is 26.8 Å². The van der Waals surface area contributed by atoms with Gasteiger partial charge in [0.1, 0.15) is 17.3 Å². The molecule has 33 heavy (non-hydrogen) atoms. The van der Waals surface area contributed by atoms with E-state index in [0.29, 0.717) is 16.9 Å². The van der Waals surface area contributed by atoms with Crippen molar-refractivity contribution in [1.29, 1.82) is 0 Å². The number of hydrogen-bond donors (Lipinski definition) is 2. The topological polar surface area (TPSA) is 100.0 Å². The number of benzene rings is 2. The Bertz CT molecular complexity index is 1300. The van der Waals surface area contributed by atoms with Crippen LogP contribution in [0, 0.1) is 20.8 Å². The summed E-state index contributed by atoms with van der Waals surface area (Å²) in [5.74, 6) is -1.77. The molecule has 2 heterocycles. The molecule has 0 saturated carbocycles. The monoisotopic (exact) mass is 444 g/mol. The third-order valence-electron chi connectivity index (χ3n) is 5.73. The Kier molecular flexibility index (Phi) is 5.64. The molecule has 1 amide bonds. The number of anilines is 1. The van der Waals surface area contributed by atoms with Gasteiger partial charge in [-0.25, -0.2) is 0 Å². The first-order valence-corrected chi connectivity index (χ1v) is 10.4. The molecule has 1 atom stereocenters. The number of amides is 1. The molecular formula is C26H24N2O5. The van der Waals surface area contributed by atoms with E-state index in [1.54, 1.807) is 42.7 Å². The van der Waals surface area contributed by atoms with Crippen molar-refractivity contribution in [2.75, 3.05) is 12.0 Å². The number of aromatic hydroxyl groups is 1. The van der Waals surface area contributed by atoms with Crippen LogP contribution in [0.25, 0.3) is 5.76 Å². The molecule has 1 fully saturated rings. The van der Waals surface area contributed by atoms with Crippen LogP contribution in [-0.4, -0.2) is 34.0 Å². The Morgan fingerprint density at radius 1 is 1.00 bits per heavy atom. The van der Waals surface area contributed by atoms with Crippen LogP contribution >= 0.6 is 0 Å². The molecule has 2 N–H and O–H groups in total. The fourth-order valence-corrected chi connectivity index (χ4v) is 4.31. The van der Waals surface area contributed by atoms with Gasteiger partial charge in [-0.3, -0.25) is 19.5 Å². The van der Waals surface area contributed by atoms with E-state index in [4.69, 9.17) is 4.74 Å². The number of nitrogens with zero attached hydrogens (tertiary/aromatic N) is 2. The highest BCUT2D eigenvalue weighted by Gasteiger charge is 2.48. The van der Waals surface area contributed by atoms with E-state index >= 15 is 0 Å². The number of rotatable bonds is 4. The smallest absolute Gasteiger partial charge is 0.300 e. The Hall–Kier alpha value is -4.13. The van der Waals surface area contributed by atoms with Gasteiger partial charge in [0.15, 0.2) is 0 Å². The number of aliphatic hydroxyl groups excluding tert-OH is 1. The van der Waals surface area contributed by atoms with Gasteiger partial charge in [0.2, 0.25) is 0 Å². The van der Waals surface area contributed by atoms with Crippen LogP contribution in [0.4, 0.5) is 5.69 Å². The number of carbonyl (C=O) groups excluding carboxylic acids is 2. The predicted octanol–water partition coefficient (Wildman–Crippen LogP) is 4.35. The first-order chi connectivity index (χ1) is 15.7. The molecule has 168 valence electrons. The molecule has 0 radical (unpaired) electrons. The number of Topliss-reactive ketones (excluding diaryl/α,β-unsaturated/α-hetero) is 1. The Labute approximate surface area is 191 Å². The third-order valence-corrected chi connectivity index (χ3v) is 5.73. The van der Waals surface area contributed by atoms with Gasteiger partial charge < -0.3 is 14.9 Å². The van der Waals surface area contributed by atoms with Gasteiger partial charge in [-0.2, -0.15) is 0 Å². The van der Waals surface area contributed by atoms with Crippen molar-refractivity contribution in [3.8, 4) is 11.5 Å². The number of carbonyl (C=O) groups is 2. The van der Waals surface area contributed by atoms with E-state index in [1.165, 1.54) is 18.1 Å². The van der Waals surface area contributed by atoms with Gasteiger partial charge in [0.05, 0.1) is 30.0 Å². The summed E-state index contributed by atoms with van der Waals surface area (Å²) in [6.07, 6.45) is 3.09. The second-order valence-electron chi connectivity index (χ2n) is 8.10. The second-order valence-corrected chi connectivity index (χ2v) is 8.10. The number of ether oxygens (including phenoxy) is 1. The number of aromatic nitrogens is 1. The predicted molar refractivity (Wildman–Crippen MR) is 124 cm³/mol. The maximum Gasteiger partial charge on any atom is 0.300 e. The lowest BCUT2D eigenvalue weighted by Gasteiger charge is -2.26. The van der Waals surface area contributed by atoms with Crippen LogP contribution in [0.15, 0.2) is 60.4 Å². The number of ketones is 1. The Morgan fingerprint density at radius 2 is 1.70 bits per heavy atom. The van der Waals surface area contributed by atoms with Gasteiger partial charge >= 0.3 is 0 Å². The number of hydrogen-bond acceptors (Lipinski definition) is 6. The first kappa shape index (κ1) is 22.1. The fourth-order valence-electron chi connectivity index (χ4n) is 4.31. The fraction of sp³-hybridized carbons (Fsp3) is 0.192. The molecule has 7 nitrogen and oxygen atoms in total. The SMILES string of the molecule is COc1c(C)cc(C)cc1/C(O)=C1\C(=O)C(=O)N(c2cc(C)ccc2O)C1c1ccncc1. The Morgan fingerprint density at radius 3 is 2.36 bits per heavy atom. The van der Waals surface area contributed by atoms with Gasteiger partial charge in [0.25, 0.3) is 11.7 Å². The van der Waals surface area contributed by atoms with Crippen LogP contribution in [0.1, 0.15) is 33.9 Å². The number of phenolic OH excluding ortho intramolecular Hbond substituents is 1. The summed E-state index contributed by atoms with van der Waals surface area (Å²) in [6, 6.07) is 10.8. The highest BCUT2D eigenvalue weighted by molar-refractivity contribution is 6.52. The number of pyridine rings is 1. The van der Waals surface area contributed by atoms with Crippen LogP contribution in [0.2, 0.25) is 0 Å². The summed E-state index contributed by atoms with van der Waals surface area (Å²) in [5, 5.41) is 22.0. The summed E-state index contributed by atoms with van der Waals surface area (Å²) in [6.45, 7) is 5.53. The van der Waals surface area contributed by atoms with Crippen LogP contribution in [-0.2, 0) is 9.59 Å². The van der Waals surface area contributed by atoms with E-state index in [9.17, 15) is 19.8 Å². The zero-order valence-corrected chi connectivity index (χ0v) is 18.8. The molecule has 1 aliphatic heterocycles. The van der Waals surface area contributed by atoms with Gasteiger partial charge in [0, 0.05) is 12.4 Å². The molecule has 0 bridgehead atoms. The quantitative estimate of drug-likeness (QED) is 0.353. The Balaban J connectivity index is 2.03. The molecule has 7 heteroatoms. The minimum Gasteiger partial charge on any atom is -0.507 e. The van der Waals surface area contributed by atoms with Gasteiger partial charge in [-0.05, 0) is 73.4 Å². The van der Waals surface area contributed by atoms with Crippen molar-refractivity contribution in [1.82, 2.24) is 4.98 Å². The van der Waals surface area contributed by atoms with E-state index < -0.39 is 17.7 Å². The zero-order chi connectivity index (χ0) is 23.9. The molecule has 1 aliphatic rings. The van der Waals surface area contributed by atoms with Crippen LogP contribution in [0.3, 0.4) is 0 Å². The molecule has 2 aromatic carbocycles. The summed E-state index contributed by atoms with van der Waals surface area (Å²) >= 11 is 0. The number of aliphatic hydroxyl groups is 1. The van der Waals surface area contributed by atoms with E-state index in [1.807, 2.05) is 26.8 Å². The van der Waals surface area contributed by atoms with E-state index in [-0.39, 0.29) is 22.8 Å². The first-order valence-electron chi connectivity index (χ1n) is 10.4. The van der Waals surface area contributed by atoms with Gasteiger partial charge in [-0.15, -0.1) is 0 Å². The molecule has 4 rings (SSSR count). The lowest BCUT2D eigenvalue weighted by atomic mass is 9.94. The number of phenols is 1. The summed E-state index contributed by atoms with van der Waals surface area (Å²) in [7, 11) is 1.48. The lowest BCUT2D eigenvalue weighted by molar-refractivity contribution is -0.132. The maximum absolute atomic E-state index is 13.3.